The van der Waals surface area contributed by atoms with E-state index in [1.54, 1.807) is 4.90 Å². The number of ether oxygens (including phenoxy) is 1. The monoisotopic (exact) mass is 284 g/mol. The maximum absolute atomic E-state index is 12.2. The van der Waals surface area contributed by atoms with Crippen molar-refractivity contribution in [2.45, 2.75) is 51.2 Å². The number of piperidine rings is 1. The van der Waals surface area contributed by atoms with Gasteiger partial charge in [0.1, 0.15) is 0 Å². The van der Waals surface area contributed by atoms with E-state index < -0.39 is 5.97 Å². The molecule has 0 aliphatic carbocycles. The van der Waals surface area contributed by atoms with Gasteiger partial charge in [-0.05, 0) is 32.1 Å². The molecule has 2 fully saturated rings. The summed E-state index contributed by atoms with van der Waals surface area (Å²) in [5.41, 5.74) is 0. The molecule has 0 spiro atoms. The molecule has 0 saturated carbocycles. The van der Waals surface area contributed by atoms with E-state index in [9.17, 15) is 9.59 Å². The zero-order valence-corrected chi connectivity index (χ0v) is 12.0. The number of rotatable bonds is 4. The van der Waals surface area contributed by atoms with Gasteiger partial charge in [-0.25, -0.2) is 4.79 Å². The summed E-state index contributed by atoms with van der Waals surface area (Å²) in [4.78, 5) is 24.8. The Labute approximate surface area is 119 Å². The van der Waals surface area contributed by atoms with Crippen LogP contribution in [0.3, 0.4) is 0 Å². The van der Waals surface area contributed by atoms with Gasteiger partial charge < -0.3 is 20.1 Å². The minimum atomic E-state index is -0.754. The number of aliphatic carboxylic acids is 1. The highest BCUT2D eigenvalue weighted by atomic mass is 16.5. The van der Waals surface area contributed by atoms with Crippen LogP contribution in [0.4, 0.5) is 4.79 Å². The third-order valence-corrected chi connectivity index (χ3v) is 4.29. The summed E-state index contributed by atoms with van der Waals surface area (Å²) in [6.07, 6.45) is 4.11. The number of nitrogens with zero attached hydrogens (tertiary/aromatic N) is 1. The summed E-state index contributed by atoms with van der Waals surface area (Å²) in [6, 6.07) is -0.0293. The smallest absolute Gasteiger partial charge is 0.317 e. The maximum Gasteiger partial charge on any atom is 0.317 e. The molecule has 6 heteroatoms. The molecule has 2 unspecified atom stereocenters. The van der Waals surface area contributed by atoms with Gasteiger partial charge in [-0.3, -0.25) is 4.79 Å². The number of carboxylic acid groups (broad SMARTS) is 1. The fraction of sp³-hybridized carbons (Fsp3) is 0.857. The first-order valence-corrected chi connectivity index (χ1v) is 7.51. The molecule has 2 aliphatic rings. The first-order chi connectivity index (χ1) is 9.61. The number of nitrogens with one attached hydrogen (secondary N) is 1. The van der Waals surface area contributed by atoms with Gasteiger partial charge in [0, 0.05) is 19.7 Å². The molecule has 2 aliphatic heterocycles. The molecule has 2 N–H and O–H groups in total. The van der Waals surface area contributed by atoms with Crippen LogP contribution in [0.5, 0.6) is 0 Å². The number of amides is 2. The van der Waals surface area contributed by atoms with Gasteiger partial charge in [0.2, 0.25) is 0 Å². The summed E-state index contributed by atoms with van der Waals surface area (Å²) in [5, 5.41) is 12.0. The van der Waals surface area contributed by atoms with Gasteiger partial charge in [0.25, 0.3) is 0 Å². The lowest BCUT2D eigenvalue weighted by molar-refractivity contribution is -0.143. The number of carbonyl (C=O) groups is 2. The second kappa shape index (κ2) is 6.92. The standard InChI is InChI=1S/C14H24N2O4/c1-2-11(12-4-3-9-20-12)15-14(19)16-7-5-10(6-8-16)13(17)18/h10-12H,2-9H2,1H3,(H,15,19)(H,17,18). The normalized spacial score (nSPS) is 25.4. The number of likely N-dealkylation sites (tertiary alicyclic amines) is 1. The third-order valence-electron chi connectivity index (χ3n) is 4.29. The first-order valence-electron chi connectivity index (χ1n) is 7.51. The Bertz CT molecular complexity index is 347. The van der Waals surface area contributed by atoms with Crippen LogP contribution in [0.1, 0.15) is 39.0 Å². The van der Waals surface area contributed by atoms with E-state index in [2.05, 4.69) is 5.32 Å². The molecule has 0 radical (unpaired) electrons. The Balaban J connectivity index is 1.80. The number of urea groups is 1. The van der Waals surface area contributed by atoms with Crippen molar-refractivity contribution in [3.8, 4) is 0 Å². The average Bonchev–Trinajstić information content (AvgIpc) is 2.98. The topological polar surface area (TPSA) is 78.9 Å². The van der Waals surface area contributed by atoms with Crippen LogP contribution in [0.25, 0.3) is 0 Å². The van der Waals surface area contributed by atoms with Crippen molar-refractivity contribution in [1.29, 1.82) is 0 Å². The summed E-state index contributed by atoms with van der Waals surface area (Å²) >= 11 is 0. The Morgan fingerprint density at radius 1 is 1.35 bits per heavy atom. The Morgan fingerprint density at radius 3 is 2.55 bits per heavy atom. The van der Waals surface area contributed by atoms with Crippen molar-refractivity contribution in [3.05, 3.63) is 0 Å². The minimum absolute atomic E-state index is 0.0576. The predicted octanol–water partition coefficient (Wildman–Crippen LogP) is 1.45. The fourth-order valence-corrected chi connectivity index (χ4v) is 2.96. The molecule has 0 bridgehead atoms. The maximum atomic E-state index is 12.2. The second-order valence-corrected chi connectivity index (χ2v) is 5.62. The Morgan fingerprint density at radius 2 is 2.05 bits per heavy atom. The molecule has 0 aromatic heterocycles. The van der Waals surface area contributed by atoms with Crippen LogP contribution in [0.15, 0.2) is 0 Å². The van der Waals surface area contributed by atoms with Crippen molar-refractivity contribution in [2.24, 2.45) is 5.92 Å². The fourth-order valence-electron chi connectivity index (χ4n) is 2.96. The van der Waals surface area contributed by atoms with Crippen molar-refractivity contribution < 1.29 is 19.4 Å². The number of hydrogen-bond donors (Lipinski definition) is 2. The zero-order chi connectivity index (χ0) is 14.5. The summed E-state index contributed by atoms with van der Waals surface area (Å²) in [5.74, 6) is -1.06. The SMILES string of the molecule is CCC(NC(=O)N1CCC(C(=O)O)CC1)C1CCCO1. The van der Waals surface area contributed by atoms with E-state index in [1.165, 1.54) is 0 Å². The molecule has 2 saturated heterocycles. The van der Waals surface area contributed by atoms with Crippen molar-refractivity contribution in [3.63, 3.8) is 0 Å². The van der Waals surface area contributed by atoms with Crippen LogP contribution < -0.4 is 5.32 Å². The van der Waals surface area contributed by atoms with Crippen molar-refractivity contribution >= 4 is 12.0 Å². The van der Waals surface area contributed by atoms with Crippen molar-refractivity contribution in [1.82, 2.24) is 10.2 Å². The highest BCUT2D eigenvalue weighted by Crippen LogP contribution is 2.20. The molecule has 0 aromatic rings. The highest BCUT2D eigenvalue weighted by molar-refractivity contribution is 5.75. The van der Waals surface area contributed by atoms with Gasteiger partial charge in [-0.15, -0.1) is 0 Å². The van der Waals surface area contributed by atoms with Crippen LogP contribution >= 0.6 is 0 Å². The number of carbonyl (C=O) groups excluding carboxylic acids is 1. The minimum Gasteiger partial charge on any atom is -0.481 e. The van der Waals surface area contributed by atoms with E-state index in [4.69, 9.17) is 9.84 Å². The van der Waals surface area contributed by atoms with Crippen LogP contribution in [0, 0.1) is 5.92 Å². The third kappa shape index (κ3) is 3.62. The summed E-state index contributed by atoms with van der Waals surface area (Å²) in [6.45, 7) is 3.86. The number of hydrogen-bond acceptors (Lipinski definition) is 3. The van der Waals surface area contributed by atoms with Gasteiger partial charge in [-0.1, -0.05) is 6.92 Å². The van der Waals surface area contributed by atoms with E-state index in [1.807, 2.05) is 6.92 Å². The van der Waals surface area contributed by atoms with E-state index in [0.29, 0.717) is 25.9 Å². The predicted molar refractivity (Wildman–Crippen MR) is 73.5 cm³/mol. The molecule has 20 heavy (non-hydrogen) atoms. The molecule has 114 valence electrons. The van der Waals surface area contributed by atoms with E-state index in [-0.39, 0.29) is 24.1 Å². The van der Waals surface area contributed by atoms with Gasteiger partial charge in [-0.2, -0.15) is 0 Å². The lowest BCUT2D eigenvalue weighted by Crippen LogP contribution is -2.51. The largest absolute Gasteiger partial charge is 0.481 e. The second-order valence-electron chi connectivity index (χ2n) is 5.62. The van der Waals surface area contributed by atoms with Crippen LogP contribution in [0.2, 0.25) is 0 Å². The molecular weight excluding hydrogens is 260 g/mol. The van der Waals surface area contributed by atoms with E-state index in [0.717, 1.165) is 25.9 Å². The molecule has 6 nitrogen and oxygen atoms in total. The molecule has 2 heterocycles. The molecule has 0 aromatic carbocycles. The molecule has 2 amide bonds. The first kappa shape index (κ1) is 15.1. The lowest BCUT2D eigenvalue weighted by Gasteiger charge is -2.32. The highest BCUT2D eigenvalue weighted by Gasteiger charge is 2.30. The van der Waals surface area contributed by atoms with Crippen LogP contribution in [-0.2, 0) is 9.53 Å². The summed E-state index contributed by atoms with van der Waals surface area (Å²) < 4.78 is 5.63. The van der Waals surface area contributed by atoms with E-state index >= 15 is 0 Å². The number of carboxylic acids is 1. The summed E-state index contributed by atoms with van der Waals surface area (Å²) in [7, 11) is 0. The quantitative estimate of drug-likeness (QED) is 0.819. The van der Waals surface area contributed by atoms with Crippen molar-refractivity contribution in [2.75, 3.05) is 19.7 Å². The molecular formula is C14H24N2O4. The van der Waals surface area contributed by atoms with Gasteiger partial charge in [0.05, 0.1) is 18.1 Å². The van der Waals surface area contributed by atoms with Gasteiger partial charge >= 0.3 is 12.0 Å². The zero-order valence-electron chi connectivity index (χ0n) is 12.0. The molecule has 2 rings (SSSR count). The van der Waals surface area contributed by atoms with Gasteiger partial charge in [0.15, 0.2) is 0 Å². The Kier molecular flexibility index (Phi) is 5.23. The van der Waals surface area contributed by atoms with Crippen LogP contribution in [-0.4, -0.2) is 53.8 Å². The lowest BCUT2D eigenvalue weighted by atomic mass is 9.97. The average molecular weight is 284 g/mol. The molecule has 2 atom stereocenters. The Hall–Kier alpha value is -1.30.